The van der Waals surface area contributed by atoms with E-state index in [1.807, 2.05) is 30.3 Å². The molecule has 3 N–H and O–H groups in total. The van der Waals surface area contributed by atoms with Crippen molar-refractivity contribution in [1.82, 2.24) is 14.8 Å². The first kappa shape index (κ1) is 19.2. The second-order valence-corrected chi connectivity index (χ2v) is 5.90. The molecule has 144 valence electrons. The third-order valence-corrected chi connectivity index (χ3v) is 3.85. The van der Waals surface area contributed by atoms with E-state index >= 15 is 0 Å². The standard InChI is InChI=1S/C19H16F3N5O/c1-27-14(11-15(26-27)19(20,21)22)13-8-9-16(25-18(13)23)24-17(28)10-7-12-5-3-2-4-6-12/h2-11H,1H3,(H3,23,24,25,28). The number of alkyl halides is 3. The molecule has 0 spiro atoms. The Balaban J connectivity index is 1.77. The Morgan fingerprint density at radius 3 is 2.50 bits per heavy atom. The Morgan fingerprint density at radius 1 is 1.18 bits per heavy atom. The van der Waals surface area contributed by atoms with Gasteiger partial charge in [0.15, 0.2) is 5.69 Å². The molecule has 9 heteroatoms. The summed E-state index contributed by atoms with van der Waals surface area (Å²) in [5.41, 5.74) is 6.16. The molecule has 0 aliphatic carbocycles. The second kappa shape index (κ2) is 7.55. The van der Waals surface area contributed by atoms with E-state index in [1.54, 1.807) is 6.08 Å². The van der Waals surface area contributed by atoms with Gasteiger partial charge in [-0.3, -0.25) is 9.48 Å². The molecule has 0 saturated carbocycles. The molecular formula is C19H16F3N5O. The molecule has 0 saturated heterocycles. The van der Waals surface area contributed by atoms with Gasteiger partial charge in [0, 0.05) is 18.7 Å². The first-order valence-electron chi connectivity index (χ1n) is 8.16. The van der Waals surface area contributed by atoms with Gasteiger partial charge in [0.2, 0.25) is 5.91 Å². The number of amides is 1. The fraction of sp³-hybridized carbons (Fsp3) is 0.105. The molecule has 0 atom stereocenters. The van der Waals surface area contributed by atoms with E-state index in [2.05, 4.69) is 15.4 Å². The largest absolute Gasteiger partial charge is 0.435 e. The molecule has 3 aromatic rings. The molecule has 2 aromatic heterocycles. The minimum atomic E-state index is -4.56. The number of anilines is 2. The summed E-state index contributed by atoms with van der Waals surface area (Å²) in [6.45, 7) is 0. The van der Waals surface area contributed by atoms with Crippen LogP contribution in [0.3, 0.4) is 0 Å². The molecule has 0 radical (unpaired) electrons. The number of hydrogen-bond acceptors (Lipinski definition) is 4. The van der Waals surface area contributed by atoms with E-state index in [9.17, 15) is 18.0 Å². The van der Waals surface area contributed by atoms with Crippen LogP contribution < -0.4 is 11.1 Å². The van der Waals surface area contributed by atoms with E-state index in [4.69, 9.17) is 5.73 Å². The summed E-state index contributed by atoms with van der Waals surface area (Å²) in [5.74, 6) is -0.257. The van der Waals surface area contributed by atoms with Crippen molar-refractivity contribution in [2.75, 3.05) is 11.1 Å². The molecule has 0 aliphatic heterocycles. The van der Waals surface area contributed by atoms with Gasteiger partial charge in [-0.15, -0.1) is 0 Å². The van der Waals surface area contributed by atoms with E-state index in [0.717, 1.165) is 16.3 Å². The molecule has 0 aliphatic rings. The van der Waals surface area contributed by atoms with Crippen molar-refractivity contribution in [3.8, 4) is 11.3 Å². The zero-order chi connectivity index (χ0) is 20.3. The zero-order valence-corrected chi connectivity index (χ0v) is 14.7. The average Bonchev–Trinajstić information content (AvgIpc) is 3.03. The highest BCUT2D eigenvalue weighted by atomic mass is 19.4. The van der Waals surface area contributed by atoms with Gasteiger partial charge in [0.1, 0.15) is 11.6 Å². The van der Waals surface area contributed by atoms with Crippen molar-refractivity contribution in [3.05, 3.63) is 65.9 Å². The lowest BCUT2D eigenvalue weighted by Crippen LogP contribution is -2.10. The van der Waals surface area contributed by atoms with Crippen LogP contribution in [0.15, 0.2) is 54.6 Å². The highest BCUT2D eigenvalue weighted by Gasteiger charge is 2.34. The number of nitrogen functional groups attached to an aromatic ring is 1. The van der Waals surface area contributed by atoms with Crippen molar-refractivity contribution in [3.63, 3.8) is 0 Å². The molecule has 1 aromatic carbocycles. The summed E-state index contributed by atoms with van der Waals surface area (Å²) < 4.78 is 39.6. The minimum absolute atomic E-state index is 0.0263. The number of halogens is 3. The van der Waals surface area contributed by atoms with Gasteiger partial charge in [-0.25, -0.2) is 4.98 Å². The lowest BCUT2D eigenvalue weighted by molar-refractivity contribution is -0.141. The predicted octanol–water partition coefficient (Wildman–Crippen LogP) is 3.74. The Bertz CT molecular complexity index is 1030. The van der Waals surface area contributed by atoms with Gasteiger partial charge in [-0.2, -0.15) is 18.3 Å². The van der Waals surface area contributed by atoms with Crippen molar-refractivity contribution in [2.24, 2.45) is 7.05 Å². The van der Waals surface area contributed by atoms with Crippen molar-refractivity contribution >= 4 is 23.6 Å². The number of carbonyl (C=O) groups excluding carboxylic acids is 1. The molecule has 3 rings (SSSR count). The first-order chi connectivity index (χ1) is 13.2. The van der Waals surface area contributed by atoms with Crippen LogP contribution in [0.5, 0.6) is 0 Å². The van der Waals surface area contributed by atoms with Crippen molar-refractivity contribution in [1.29, 1.82) is 0 Å². The van der Waals surface area contributed by atoms with Crippen molar-refractivity contribution in [2.45, 2.75) is 6.18 Å². The Kier molecular flexibility index (Phi) is 5.16. The minimum Gasteiger partial charge on any atom is -0.383 e. The van der Waals surface area contributed by atoms with Crippen LogP contribution in [-0.2, 0) is 18.0 Å². The lowest BCUT2D eigenvalue weighted by Gasteiger charge is -2.08. The van der Waals surface area contributed by atoms with Gasteiger partial charge in [0.05, 0.1) is 5.69 Å². The van der Waals surface area contributed by atoms with Crippen LogP contribution >= 0.6 is 0 Å². The number of pyridine rings is 1. The first-order valence-corrected chi connectivity index (χ1v) is 8.16. The number of nitrogens with one attached hydrogen (secondary N) is 1. The van der Waals surface area contributed by atoms with Gasteiger partial charge < -0.3 is 11.1 Å². The number of rotatable bonds is 4. The molecule has 6 nitrogen and oxygen atoms in total. The van der Waals surface area contributed by atoms with Gasteiger partial charge in [-0.05, 0) is 29.8 Å². The Hall–Kier alpha value is -3.62. The summed E-state index contributed by atoms with van der Waals surface area (Å²) in [4.78, 5) is 16.0. The highest BCUT2D eigenvalue weighted by Crippen LogP contribution is 2.33. The third kappa shape index (κ3) is 4.37. The molecule has 28 heavy (non-hydrogen) atoms. The third-order valence-electron chi connectivity index (χ3n) is 3.85. The van der Waals surface area contributed by atoms with E-state index in [-0.39, 0.29) is 22.9 Å². The number of benzene rings is 1. The predicted molar refractivity (Wildman–Crippen MR) is 100.0 cm³/mol. The summed E-state index contributed by atoms with van der Waals surface area (Å²) >= 11 is 0. The number of aromatic nitrogens is 3. The molecule has 1 amide bonds. The van der Waals surface area contributed by atoms with Crippen LogP contribution in [0.25, 0.3) is 17.3 Å². The molecule has 0 unspecified atom stereocenters. The topological polar surface area (TPSA) is 85.8 Å². The SMILES string of the molecule is Cn1nc(C(F)(F)F)cc1-c1ccc(NC(=O)C=Cc2ccccc2)nc1N. The number of carbonyl (C=O) groups is 1. The second-order valence-electron chi connectivity index (χ2n) is 5.90. The lowest BCUT2D eigenvalue weighted by atomic mass is 10.1. The highest BCUT2D eigenvalue weighted by molar-refractivity contribution is 6.01. The molecule has 0 fully saturated rings. The fourth-order valence-corrected chi connectivity index (χ4v) is 2.52. The van der Waals surface area contributed by atoms with Gasteiger partial charge in [0.25, 0.3) is 0 Å². The number of aryl methyl sites for hydroxylation is 1. The summed E-state index contributed by atoms with van der Waals surface area (Å²) in [7, 11) is 1.38. The van der Waals surface area contributed by atoms with E-state index in [0.29, 0.717) is 0 Å². The summed E-state index contributed by atoms with van der Waals surface area (Å²) in [5, 5.41) is 6.01. The van der Waals surface area contributed by atoms with Gasteiger partial charge in [-0.1, -0.05) is 30.3 Å². The number of nitrogens with two attached hydrogens (primary N) is 1. The quantitative estimate of drug-likeness (QED) is 0.668. The van der Waals surface area contributed by atoms with Crippen LogP contribution in [0.1, 0.15) is 11.3 Å². The van der Waals surface area contributed by atoms with E-state index in [1.165, 1.54) is 25.3 Å². The molecule has 2 heterocycles. The Morgan fingerprint density at radius 2 is 1.89 bits per heavy atom. The van der Waals surface area contributed by atoms with Crippen LogP contribution in [-0.4, -0.2) is 20.7 Å². The smallest absolute Gasteiger partial charge is 0.383 e. The molecular weight excluding hydrogens is 371 g/mol. The number of hydrogen-bond donors (Lipinski definition) is 2. The summed E-state index contributed by atoms with van der Waals surface area (Å²) in [6, 6.07) is 13.1. The summed E-state index contributed by atoms with van der Waals surface area (Å²) in [6.07, 6.45) is -1.57. The van der Waals surface area contributed by atoms with Crippen LogP contribution in [0.2, 0.25) is 0 Å². The zero-order valence-electron chi connectivity index (χ0n) is 14.7. The monoisotopic (exact) mass is 387 g/mol. The fourth-order valence-electron chi connectivity index (χ4n) is 2.52. The Labute approximate surface area is 158 Å². The normalized spacial score (nSPS) is 11.7. The van der Waals surface area contributed by atoms with Crippen LogP contribution in [0.4, 0.5) is 24.8 Å². The maximum atomic E-state index is 12.8. The average molecular weight is 387 g/mol. The molecule has 0 bridgehead atoms. The maximum Gasteiger partial charge on any atom is 0.435 e. The van der Waals surface area contributed by atoms with E-state index < -0.39 is 17.8 Å². The number of nitrogens with zero attached hydrogens (tertiary/aromatic N) is 3. The van der Waals surface area contributed by atoms with Gasteiger partial charge >= 0.3 is 6.18 Å². The maximum absolute atomic E-state index is 12.8. The van der Waals surface area contributed by atoms with Crippen molar-refractivity contribution < 1.29 is 18.0 Å². The van der Waals surface area contributed by atoms with Crippen LogP contribution in [0, 0.1) is 0 Å².